The van der Waals surface area contributed by atoms with Gasteiger partial charge in [-0.05, 0) is 61.9 Å². The van der Waals surface area contributed by atoms with E-state index in [0.29, 0.717) is 32.6 Å². The summed E-state index contributed by atoms with van der Waals surface area (Å²) >= 11 is 0. The van der Waals surface area contributed by atoms with E-state index in [1.165, 1.54) is 43.4 Å². The van der Waals surface area contributed by atoms with Crippen LogP contribution in [0.15, 0.2) is 24.3 Å². The van der Waals surface area contributed by atoms with Crippen molar-refractivity contribution >= 4 is 45.6 Å². The van der Waals surface area contributed by atoms with E-state index < -0.39 is 50.4 Å². The third-order valence-electron chi connectivity index (χ3n) is 13.6. The zero-order valence-corrected chi connectivity index (χ0v) is 45.0. The van der Waals surface area contributed by atoms with Crippen LogP contribution < -0.4 is 18.9 Å². The molecule has 2 heterocycles. The van der Waals surface area contributed by atoms with Crippen LogP contribution in [0.3, 0.4) is 0 Å². The van der Waals surface area contributed by atoms with Crippen LogP contribution in [0.5, 0.6) is 23.0 Å². The Balaban J connectivity index is 0.000000360. The van der Waals surface area contributed by atoms with Crippen LogP contribution in [0.1, 0.15) is 127 Å². The van der Waals surface area contributed by atoms with E-state index in [9.17, 15) is 39.7 Å². The number of aliphatic hydroxyl groups excluding tert-OH is 1. The predicted molar refractivity (Wildman–Crippen MR) is 266 cm³/mol. The molecule has 2 aromatic carbocycles. The number of ketones is 1. The summed E-state index contributed by atoms with van der Waals surface area (Å²) in [6.07, 6.45) is 4.02. The first-order valence-corrected chi connectivity index (χ1v) is 29.5. The van der Waals surface area contributed by atoms with E-state index in [-0.39, 0.29) is 100 Å². The molecule has 4 rings (SSSR count). The first kappa shape index (κ1) is 57.7. The number of likely N-dealkylation sites (tertiary alicyclic amines) is 2. The lowest BCUT2D eigenvalue weighted by Gasteiger charge is -2.42. The monoisotopic (exact) mass is 991 g/mol. The van der Waals surface area contributed by atoms with E-state index in [1.54, 1.807) is 4.90 Å². The summed E-state index contributed by atoms with van der Waals surface area (Å²) in [7, 11) is -1.33. The number of piperidine rings is 2. The first-order valence-electron chi connectivity index (χ1n) is 23.7. The number of methoxy groups -OCH3 is 2. The Labute approximate surface area is 404 Å². The standard InChI is InChI=1S/C24H40N2O7Si.C24H38N2O7Si/c2*1-8-9-12-32-22-15-20(26(29)30)19(14-21(22)31-5)23(28)25-11-10-18(27)13-17(25)16-33-34(6,7)24(2,3)4/h14-15,17-18,27H,8-13,16H2,1-7H3;14-15,17H,8-13,16H2,1-7H3/t17-,18-;17-/m00/s1. The highest BCUT2D eigenvalue weighted by molar-refractivity contribution is 6.74. The van der Waals surface area contributed by atoms with Crippen LogP contribution in [0, 0.1) is 20.2 Å². The summed E-state index contributed by atoms with van der Waals surface area (Å²) in [5, 5.41) is 34.0. The molecule has 2 fully saturated rings. The molecule has 20 heteroatoms. The molecule has 2 aliphatic heterocycles. The average molecular weight is 991 g/mol. The van der Waals surface area contributed by atoms with Gasteiger partial charge in [0.05, 0.1) is 80.8 Å². The van der Waals surface area contributed by atoms with Crippen LogP contribution in [0.2, 0.25) is 36.3 Å². The highest BCUT2D eigenvalue weighted by atomic mass is 28.4. The second-order valence-corrected chi connectivity index (χ2v) is 30.2. The number of carbonyl (C=O) groups is 3. The van der Waals surface area contributed by atoms with Crippen LogP contribution in [0.25, 0.3) is 0 Å². The maximum atomic E-state index is 13.6. The van der Waals surface area contributed by atoms with Crippen LogP contribution in [-0.4, -0.2) is 131 Å². The zero-order chi connectivity index (χ0) is 51.4. The molecule has 1 N–H and O–H groups in total. The minimum atomic E-state index is -2.12. The number of nitro groups is 2. The maximum Gasteiger partial charge on any atom is 0.286 e. The van der Waals surface area contributed by atoms with E-state index in [4.69, 9.17) is 27.8 Å². The fourth-order valence-corrected chi connectivity index (χ4v) is 9.15. The van der Waals surface area contributed by atoms with Gasteiger partial charge in [-0.3, -0.25) is 34.6 Å². The first-order chi connectivity index (χ1) is 31.6. The summed E-state index contributed by atoms with van der Waals surface area (Å²) in [6, 6.07) is 4.41. The topological polar surface area (TPSA) is 220 Å². The Morgan fingerprint density at radius 2 is 1.12 bits per heavy atom. The van der Waals surface area contributed by atoms with Crippen molar-refractivity contribution in [1.82, 2.24) is 9.80 Å². The molecule has 2 aromatic rings. The van der Waals surface area contributed by atoms with Gasteiger partial charge in [0.2, 0.25) is 0 Å². The van der Waals surface area contributed by atoms with Gasteiger partial charge >= 0.3 is 0 Å². The fraction of sp³-hybridized carbons (Fsp3) is 0.688. The molecule has 0 spiro atoms. The molecule has 0 radical (unpaired) electrons. The van der Waals surface area contributed by atoms with Gasteiger partial charge in [0.15, 0.2) is 39.6 Å². The van der Waals surface area contributed by atoms with E-state index >= 15 is 0 Å². The van der Waals surface area contributed by atoms with Gasteiger partial charge in [0, 0.05) is 38.1 Å². The van der Waals surface area contributed by atoms with E-state index in [2.05, 4.69) is 67.7 Å². The van der Waals surface area contributed by atoms with Gasteiger partial charge in [-0.15, -0.1) is 0 Å². The summed E-state index contributed by atoms with van der Waals surface area (Å²) in [6.45, 7) is 27.0. The minimum Gasteiger partial charge on any atom is -0.493 e. The quantitative estimate of drug-likeness (QED) is 0.0565. The van der Waals surface area contributed by atoms with Crippen LogP contribution >= 0.6 is 0 Å². The summed E-state index contributed by atoms with van der Waals surface area (Å²) in [5.74, 6) is 0.0715. The smallest absolute Gasteiger partial charge is 0.286 e. The molecule has 0 aliphatic carbocycles. The number of unbranched alkanes of at least 4 members (excludes halogenated alkanes) is 2. The number of nitro benzene ring substituents is 2. The number of aliphatic hydroxyl groups is 1. The van der Waals surface area contributed by atoms with Gasteiger partial charge in [-0.25, -0.2) is 0 Å². The van der Waals surface area contributed by atoms with Crippen LogP contribution in [-0.2, 0) is 13.6 Å². The number of Topliss-reactive ketones (excluding diaryl/α,β-unsaturated/α-hetero) is 1. The third-order valence-corrected chi connectivity index (χ3v) is 22.6. The van der Waals surface area contributed by atoms with E-state index in [1.807, 2.05) is 13.8 Å². The van der Waals surface area contributed by atoms with Crippen molar-refractivity contribution in [2.45, 2.75) is 161 Å². The molecular weight excluding hydrogens is 913 g/mol. The summed E-state index contributed by atoms with van der Waals surface area (Å²) in [4.78, 5) is 65.1. The van der Waals surface area contributed by atoms with E-state index in [0.717, 1.165) is 25.7 Å². The second-order valence-electron chi connectivity index (χ2n) is 20.6. The Hall–Kier alpha value is -4.64. The lowest BCUT2D eigenvalue weighted by atomic mass is 9.98. The molecule has 382 valence electrons. The Kier molecular flexibility index (Phi) is 21.0. The van der Waals surface area contributed by atoms with Crippen molar-refractivity contribution in [2.24, 2.45) is 0 Å². The highest BCUT2D eigenvalue weighted by Gasteiger charge is 2.42. The van der Waals surface area contributed by atoms with Gasteiger partial charge in [-0.1, -0.05) is 68.2 Å². The second kappa shape index (κ2) is 24.8. The number of amides is 2. The molecule has 68 heavy (non-hydrogen) atoms. The number of benzene rings is 2. The maximum absolute atomic E-state index is 13.6. The molecule has 2 saturated heterocycles. The minimum absolute atomic E-state index is 0.00508. The third kappa shape index (κ3) is 15.2. The molecule has 0 bridgehead atoms. The molecule has 0 unspecified atom stereocenters. The normalized spacial score (nSPS) is 18.0. The number of nitrogens with zero attached hydrogens (tertiary/aromatic N) is 4. The molecule has 18 nitrogen and oxygen atoms in total. The summed E-state index contributed by atoms with van der Waals surface area (Å²) < 4.78 is 34.8. The Morgan fingerprint density at radius 3 is 1.50 bits per heavy atom. The van der Waals surface area contributed by atoms with Gasteiger partial charge in [0.25, 0.3) is 23.2 Å². The number of rotatable bonds is 20. The average Bonchev–Trinajstić information content (AvgIpc) is 3.26. The molecular formula is C48H78N4O14Si2. The number of ether oxygens (including phenoxy) is 4. The Morgan fingerprint density at radius 1 is 0.706 bits per heavy atom. The predicted octanol–water partition coefficient (Wildman–Crippen LogP) is 9.75. The molecule has 3 atom stereocenters. The number of carbonyl (C=O) groups excluding carboxylic acids is 3. The van der Waals surface area contributed by atoms with Gasteiger partial charge in [-0.2, -0.15) is 0 Å². The lowest BCUT2D eigenvalue weighted by Crippen LogP contribution is -2.52. The highest BCUT2D eigenvalue weighted by Crippen LogP contribution is 2.41. The van der Waals surface area contributed by atoms with Gasteiger partial charge < -0.3 is 42.7 Å². The van der Waals surface area contributed by atoms with Crippen molar-refractivity contribution < 1.29 is 57.1 Å². The lowest BCUT2D eigenvalue weighted by molar-refractivity contribution is -0.385. The van der Waals surface area contributed by atoms with Crippen molar-refractivity contribution in [1.29, 1.82) is 0 Å². The molecule has 2 amide bonds. The van der Waals surface area contributed by atoms with Crippen molar-refractivity contribution in [2.75, 3.05) is 53.7 Å². The van der Waals surface area contributed by atoms with Crippen molar-refractivity contribution in [3.05, 3.63) is 55.6 Å². The zero-order valence-electron chi connectivity index (χ0n) is 43.0. The molecule has 0 saturated carbocycles. The van der Waals surface area contributed by atoms with Crippen molar-refractivity contribution in [3.63, 3.8) is 0 Å². The van der Waals surface area contributed by atoms with Crippen LogP contribution in [0.4, 0.5) is 11.4 Å². The SMILES string of the molecule is CCCCOc1cc([N+](=O)[O-])c(C(=O)N2CCC(=O)C[C@H]2CO[Si](C)(C)C(C)(C)C)cc1OC.CCCCOc1cc([N+](=O)[O-])c(C(=O)N2CC[C@H](O)C[C@H]2CO[Si](C)(C)C(C)(C)C)cc1OC. The summed E-state index contributed by atoms with van der Waals surface area (Å²) in [5.41, 5.74) is -0.819. The number of hydrogen-bond acceptors (Lipinski definition) is 14. The largest absolute Gasteiger partial charge is 0.493 e. The molecule has 2 aliphatic rings. The number of hydrogen-bond donors (Lipinski definition) is 1. The fourth-order valence-electron chi connectivity index (χ4n) is 7.07. The Bertz CT molecular complexity index is 2070. The molecule has 0 aromatic heterocycles. The van der Waals surface area contributed by atoms with Gasteiger partial charge in [0.1, 0.15) is 16.9 Å². The van der Waals surface area contributed by atoms with Crippen molar-refractivity contribution in [3.8, 4) is 23.0 Å².